The third-order valence-corrected chi connectivity index (χ3v) is 4.81. The molecule has 1 N–H and O–H groups in total. The van der Waals surface area contributed by atoms with Crippen LogP contribution in [0, 0.1) is 25.2 Å². The Balaban J connectivity index is 1.94. The maximum absolute atomic E-state index is 9.61. The van der Waals surface area contributed by atoms with Crippen LogP contribution in [0.3, 0.4) is 0 Å². The minimum atomic E-state index is 0.534. The number of hydrogen-bond donors (Lipinski definition) is 1. The average molecular weight is 344 g/mol. The van der Waals surface area contributed by atoms with Crippen molar-refractivity contribution in [3.05, 3.63) is 58.9 Å². The Hall–Kier alpha value is -3.06. The molecule has 0 aliphatic heterocycles. The van der Waals surface area contributed by atoms with Crippen molar-refractivity contribution < 1.29 is 0 Å². The first kappa shape index (κ1) is 17.8. The van der Waals surface area contributed by atoms with Crippen molar-refractivity contribution in [2.24, 2.45) is 0 Å². The Labute approximate surface area is 154 Å². The first-order valence-electron chi connectivity index (χ1n) is 8.99. The van der Waals surface area contributed by atoms with Gasteiger partial charge in [0.2, 0.25) is 0 Å². The molecule has 26 heavy (non-hydrogen) atoms. The number of aryl methyl sites for hydroxylation is 2. The Kier molecular flexibility index (Phi) is 5.09. The van der Waals surface area contributed by atoms with E-state index in [4.69, 9.17) is 0 Å². The van der Waals surface area contributed by atoms with E-state index in [1.165, 1.54) is 16.8 Å². The predicted octanol–water partition coefficient (Wildman–Crippen LogP) is 5.09. The van der Waals surface area contributed by atoms with Gasteiger partial charge in [-0.1, -0.05) is 12.1 Å². The number of hydrogen-bond acceptors (Lipinski definition) is 3. The van der Waals surface area contributed by atoms with Gasteiger partial charge in [0.05, 0.1) is 16.6 Å². The van der Waals surface area contributed by atoms with Crippen LogP contribution in [-0.4, -0.2) is 23.1 Å². The topological polar surface area (TPSA) is 55.7 Å². The largest absolute Gasteiger partial charge is 0.372 e. The molecule has 1 heterocycles. The van der Waals surface area contributed by atoms with Gasteiger partial charge in [0, 0.05) is 18.8 Å². The van der Waals surface area contributed by atoms with Crippen LogP contribution in [0.1, 0.15) is 36.4 Å². The highest BCUT2D eigenvalue weighted by molar-refractivity contribution is 5.90. The van der Waals surface area contributed by atoms with Crippen molar-refractivity contribution in [3.8, 4) is 6.07 Å². The molecule has 0 bridgehead atoms. The van der Waals surface area contributed by atoms with E-state index in [-0.39, 0.29) is 0 Å². The van der Waals surface area contributed by atoms with Gasteiger partial charge >= 0.3 is 0 Å². The molecule has 3 rings (SSSR count). The van der Waals surface area contributed by atoms with Crippen LogP contribution in [-0.2, 0) is 0 Å². The number of benzene rings is 2. The summed E-state index contributed by atoms with van der Waals surface area (Å²) in [5, 5.41) is 9.61. The van der Waals surface area contributed by atoms with E-state index in [1.54, 1.807) is 0 Å². The van der Waals surface area contributed by atoms with E-state index in [1.807, 2.05) is 18.2 Å². The zero-order chi connectivity index (χ0) is 18.7. The van der Waals surface area contributed by atoms with E-state index in [0.29, 0.717) is 11.4 Å². The summed E-state index contributed by atoms with van der Waals surface area (Å²) in [6, 6.07) is 14.7. The molecular weight excluding hydrogens is 320 g/mol. The number of nitriles is 1. The van der Waals surface area contributed by atoms with Gasteiger partial charge in [0.25, 0.3) is 0 Å². The number of imidazole rings is 1. The normalized spacial score (nSPS) is 11.6. The fourth-order valence-corrected chi connectivity index (χ4v) is 3.09. The first-order chi connectivity index (χ1) is 12.5. The third kappa shape index (κ3) is 3.48. The number of aromatic amines is 1. The van der Waals surface area contributed by atoms with E-state index in [9.17, 15) is 5.26 Å². The summed E-state index contributed by atoms with van der Waals surface area (Å²) in [6.45, 7) is 10.4. The average Bonchev–Trinajstić information content (AvgIpc) is 3.04. The Morgan fingerprint density at radius 2 is 1.77 bits per heavy atom. The molecule has 0 fully saturated rings. The molecule has 0 aliphatic carbocycles. The molecular formula is C22H24N4. The minimum absolute atomic E-state index is 0.534. The quantitative estimate of drug-likeness (QED) is 0.656. The predicted molar refractivity (Wildman–Crippen MR) is 109 cm³/mol. The Morgan fingerprint density at radius 3 is 2.38 bits per heavy atom. The van der Waals surface area contributed by atoms with Crippen LogP contribution in [0.2, 0.25) is 0 Å². The van der Waals surface area contributed by atoms with Crippen molar-refractivity contribution in [3.63, 3.8) is 0 Å². The van der Waals surface area contributed by atoms with E-state index in [0.717, 1.165) is 29.7 Å². The van der Waals surface area contributed by atoms with Crippen LogP contribution in [0.5, 0.6) is 0 Å². The van der Waals surface area contributed by atoms with Gasteiger partial charge in [-0.25, -0.2) is 4.98 Å². The number of H-pyrrole nitrogens is 1. The van der Waals surface area contributed by atoms with Crippen LogP contribution in [0.15, 0.2) is 36.4 Å². The molecule has 4 heteroatoms. The molecule has 0 spiro atoms. The van der Waals surface area contributed by atoms with Gasteiger partial charge in [0.15, 0.2) is 0 Å². The molecule has 0 atom stereocenters. The van der Waals surface area contributed by atoms with Crippen molar-refractivity contribution in [2.75, 3.05) is 18.0 Å². The lowest BCUT2D eigenvalue weighted by atomic mass is 10.1. The zero-order valence-electron chi connectivity index (χ0n) is 15.8. The maximum Gasteiger partial charge on any atom is 0.149 e. The van der Waals surface area contributed by atoms with E-state index in [2.05, 4.69) is 72.9 Å². The maximum atomic E-state index is 9.61. The highest BCUT2D eigenvalue weighted by Crippen LogP contribution is 2.23. The first-order valence-corrected chi connectivity index (χ1v) is 8.99. The lowest BCUT2D eigenvalue weighted by Crippen LogP contribution is -2.21. The molecule has 3 aromatic rings. The summed E-state index contributed by atoms with van der Waals surface area (Å²) in [4.78, 5) is 10.2. The van der Waals surface area contributed by atoms with Crippen molar-refractivity contribution in [1.29, 1.82) is 5.26 Å². The minimum Gasteiger partial charge on any atom is -0.372 e. The molecule has 0 saturated heterocycles. The summed E-state index contributed by atoms with van der Waals surface area (Å²) in [6.07, 6.45) is 1.88. The van der Waals surface area contributed by atoms with E-state index >= 15 is 0 Å². The second-order valence-electron chi connectivity index (χ2n) is 6.47. The number of nitrogens with zero attached hydrogens (tertiary/aromatic N) is 3. The number of rotatable bonds is 5. The Bertz CT molecular complexity index is 944. The fourth-order valence-electron chi connectivity index (χ4n) is 3.09. The highest BCUT2D eigenvalue weighted by Gasteiger charge is 2.09. The van der Waals surface area contributed by atoms with Crippen LogP contribution < -0.4 is 4.90 Å². The SMILES string of the molecule is CCN(CC)c1ccc(/C=C(/C#N)c2nc3cc(C)c(C)cc3[nH]2)cc1. The fraction of sp³-hybridized carbons (Fsp3) is 0.273. The van der Waals surface area contributed by atoms with Crippen LogP contribution >= 0.6 is 0 Å². The molecule has 0 radical (unpaired) electrons. The number of allylic oxidation sites excluding steroid dienone is 1. The lowest BCUT2D eigenvalue weighted by Gasteiger charge is -2.20. The van der Waals surface area contributed by atoms with Gasteiger partial charge in [0.1, 0.15) is 11.9 Å². The number of anilines is 1. The van der Waals surface area contributed by atoms with Crippen LogP contribution in [0.25, 0.3) is 22.7 Å². The molecule has 2 aromatic carbocycles. The van der Waals surface area contributed by atoms with Gasteiger partial charge in [-0.15, -0.1) is 0 Å². The number of fused-ring (bicyclic) bond motifs is 1. The molecule has 0 unspecified atom stereocenters. The summed E-state index contributed by atoms with van der Waals surface area (Å²) >= 11 is 0. The third-order valence-electron chi connectivity index (χ3n) is 4.81. The molecule has 1 aromatic heterocycles. The van der Waals surface area contributed by atoms with Crippen molar-refractivity contribution in [2.45, 2.75) is 27.7 Å². The molecule has 4 nitrogen and oxygen atoms in total. The van der Waals surface area contributed by atoms with Gasteiger partial charge in [-0.2, -0.15) is 5.26 Å². The molecule has 0 saturated carbocycles. The van der Waals surface area contributed by atoms with Gasteiger partial charge in [-0.05, 0) is 74.7 Å². The highest BCUT2D eigenvalue weighted by atomic mass is 15.1. The summed E-state index contributed by atoms with van der Waals surface area (Å²) < 4.78 is 0. The van der Waals surface area contributed by atoms with E-state index < -0.39 is 0 Å². The molecule has 0 aliphatic rings. The summed E-state index contributed by atoms with van der Waals surface area (Å²) in [5.74, 6) is 0.611. The van der Waals surface area contributed by atoms with Gasteiger partial charge < -0.3 is 9.88 Å². The second kappa shape index (κ2) is 7.45. The lowest BCUT2D eigenvalue weighted by molar-refractivity contribution is 0.866. The monoisotopic (exact) mass is 344 g/mol. The zero-order valence-corrected chi connectivity index (χ0v) is 15.8. The van der Waals surface area contributed by atoms with Crippen molar-refractivity contribution >= 4 is 28.4 Å². The molecule has 0 amide bonds. The summed E-state index contributed by atoms with van der Waals surface area (Å²) in [5.41, 5.74) is 6.98. The summed E-state index contributed by atoms with van der Waals surface area (Å²) in [7, 11) is 0. The van der Waals surface area contributed by atoms with Crippen LogP contribution in [0.4, 0.5) is 5.69 Å². The number of nitrogens with one attached hydrogen (secondary N) is 1. The van der Waals surface area contributed by atoms with Gasteiger partial charge in [-0.3, -0.25) is 0 Å². The smallest absolute Gasteiger partial charge is 0.149 e. The number of aromatic nitrogens is 2. The Morgan fingerprint density at radius 1 is 1.12 bits per heavy atom. The van der Waals surface area contributed by atoms with Crippen molar-refractivity contribution in [1.82, 2.24) is 9.97 Å². The standard InChI is InChI=1S/C22H24N4/c1-5-26(6-2)19-9-7-17(8-10-19)13-18(14-23)22-24-20-11-15(3)16(4)12-21(20)25-22/h7-13H,5-6H2,1-4H3,(H,24,25)/b18-13-. The molecule has 132 valence electrons. The second-order valence-corrected chi connectivity index (χ2v) is 6.47.